The monoisotopic (exact) mass is 233 g/mol. The molecule has 0 saturated heterocycles. The van der Waals surface area contributed by atoms with Crippen molar-refractivity contribution in [3.63, 3.8) is 0 Å². The van der Waals surface area contributed by atoms with Crippen LogP contribution in [0.1, 0.15) is 10.5 Å². The molecule has 0 aliphatic carbocycles. The molecule has 2 aromatic rings. The molecule has 0 unspecified atom stereocenters. The SMILES string of the molecule is Nc1nccc(C(=O)Oc2ccccc2F)n1. The van der Waals surface area contributed by atoms with E-state index in [1.165, 1.54) is 30.5 Å². The fourth-order valence-electron chi connectivity index (χ4n) is 1.17. The van der Waals surface area contributed by atoms with Crippen LogP contribution in [0.5, 0.6) is 5.75 Å². The summed E-state index contributed by atoms with van der Waals surface area (Å²) in [7, 11) is 0. The molecule has 0 spiro atoms. The van der Waals surface area contributed by atoms with Gasteiger partial charge in [-0.25, -0.2) is 19.2 Å². The molecular weight excluding hydrogens is 225 g/mol. The molecule has 0 fully saturated rings. The van der Waals surface area contributed by atoms with E-state index in [0.29, 0.717) is 0 Å². The van der Waals surface area contributed by atoms with Gasteiger partial charge in [-0.3, -0.25) is 0 Å². The third kappa shape index (κ3) is 2.54. The minimum Gasteiger partial charge on any atom is -0.419 e. The second kappa shape index (κ2) is 4.56. The Morgan fingerprint density at radius 2 is 2.06 bits per heavy atom. The van der Waals surface area contributed by atoms with Gasteiger partial charge >= 0.3 is 5.97 Å². The molecule has 5 nitrogen and oxygen atoms in total. The third-order valence-corrected chi connectivity index (χ3v) is 1.92. The number of nitrogens with two attached hydrogens (primary N) is 1. The number of nitrogens with zero attached hydrogens (tertiary/aromatic N) is 2. The van der Waals surface area contributed by atoms with E-state index < -0.39 is 11.8 Å². The highest BCUT2D eigenvalue weighted by molar-refractivity contribution is 5.89. The summed E-state index contributed by atoms with van der Waals surface area (Å²) in [5, 5.41) is 0. The molecule has 0 atom stereocenters. The zero-order valence-corrected chi connectivity index (χ0v) is 8.63. The summed E-state index contributed by atoms with van der Waals surface area (Å²) in [5.41, 5.74) is 5.29. The molecule has 1 aromatic carbocycles. The number of esters is 1. The van der Waals surface area contributed by atoms with E-state index in [2.05, 4.69) is 9.97 Å². The summed E-state index contributed by atoms with van der Waals surface area (Å²) in [5.74, 6) is -1.62. The van der Waals surface area contributed by atoms with Crippen molar-refractivity contribution in [2.24, 2.45) is 0 Å². The number of benzene rings is 1. The number of hydrogen-bond acceptors (Lipinski definition) is 5. The molecule has 86 valence electrons. The number of carbonyl (C=O) groups is 1. The molecule has 1 aromatic heterocycles. The first-order chi connectivity index (χ1) is 8.16. The Morgan fingerprint density at radius 3 is 2.76 bits per heavy atom. The number of ether oxygens (including phenoxy) is 1. The second-order valence-electron chi connectivity index (χ2n) is 3.12. The molecule has 0 aliphatic heterocycles. The van der Waals surface area contributed by atoms with Crippen LogP contribution >= 0.6 is 0 Å². The molecule has 0 bridgehead atoms. The first-order valence-corrected chi connectivity index (χ1v) is 4.72. The minimum absolute atomic E-state index is 0.0271. The van der Waals surface area contributed by atoms with Gasteiger partial charge in [0.2, 0.25) is 5.95 Å². The van der Waals surface area contributed by atoms with Crippen molar-refractivity contribution in [2.75, 3.05) is 5.73 Å². The van der Waals surface area contributed by atoms with Gasteiger partial charge in [0.1, 0.15) is 0 Å². The molecular formula is C11H8FN3O2. The number of carbonyl (C=O) groups excluding carboxylic acids is 1. The smallest absolute Gasteiger partial charge is 0.362 e. The summed E-state index contributed by atoms with van der Waals surface area (Å²) in [6, 6.07) is 6.92. The maximum absolute atomic E-state index is 13.2. The Labute approximate surface area is 96.1 Å². The van der Waals surface area contributed by atoms with Gasteiger partial charge in [-0.2, -0.15) is 0 Å². The van der Waals surface area contributed by atoms with E-state index in [1.54, 1.807) is 6.07 Å². The Morgan fingerprint density at radius 1 is 1.29 bits per heavy atom. The van der Waals surface area contributed by atoms with Crippen molar-refractivity contribution < 1.29 is 13.9 Å². The fraction of sp³-hybridized carbons (Fsp3) is 0. The highest BCUT2D eigenvalue weighted by atomic mass is 19.1. The number of nitrogen functional groups attached to an aromatic ring is 1. The van der Waals surface area contributed by atoms with Crippen molar-refractivity contribution in [1.29, 1.82) is 0 Å². The molecule has 0 amide bonds. The van der Waals surface area contributed by atoms with Crippen molar-refractivity contribution in [3.05, 3.63) is 48.0 Å². The topological polar surface area (TPSA) is 78.1 Å². The van der Waals surface area contributed by atoms with Crippen LogP contribution in [0.4, 0.5) is 10.3 Å². The normalized spacial score (nSPS) is 9.94. The minimum atomic E-state index is -0.788. The van der Waals surface area contributed by atoms with Gasteiger partial charge in [0.25, 0.3) is 0 Å². The molecule has 17 heavy (non-hydrogen) atoms. The van der Waals surface area contributed by atoms with Gasteiger partial charge in [-0.05, 0) is 18.2 Å². The van der Waals surface area contributed by atoms with Gasteiger partial charge in [-0.1, -0.05) is 12.1 Å². The Balaban J connectivity index is 2.20. The average molecular weight is 233 g/mol. The highest BCUT2D eigenvalue weighted by Gasteiger charge is 2.13. The number of para-hydroxylation sites is 1. The standard InChI is InChI=1S/C11H8FN3O2/c12-7-3-1-2-4-9(7)17-10(16)8-5-6-14-11(13)15-8/h1-6H,(H2,13,14,15). The van der Waals surface area contributed by atoms with Crippen molar-refractivity contribution in [3.8, 4) is 5.75 Å². The Hall–Kier alpha value is -2.50. The number of aromatic nitrogens is 2. The number of rotatable bonds is 2. The highest BCUT2D eigenvalue weighted by Crippen LogP contribution is 2.16. The summed E-state index contributed by atoms with van der Waals surface area (Å²) >= 11 is 0. The van der Waals surface area contributed by atoms with Crippen molar-refractivity contribution in [2.45, 2.75) is 0 Å². The first kappa shape index (κ1) is 11.0. The molecule has 0 saturated carbocycles. The van der Waals surface area contributed by atoms with Crippen LogP contribution in [0.15, 0.2) is 36.5 Å². The van der Waals surface area contributed by atoms with Gasteiger partial charge in [0, 0.05) is 6.20 Å². The zero-order valence-electron chi connectivity index (χ0n) is 8.63. The van der Waals surface area contributed by atoms with E-state index in [0.717, 1.165) is 0 Å². The van der Waals surface area contributed by atoms with Gasteiger partial charge in [0.15, 0.2) is 17.3 Å². The van der Waals surface area contributed by atoms with E-state index >= 15 is 0 Å². The molecule has 2 N–H and O–H groups in total. The summed E-state index contributed by atoms with van der Waals surface area (Å²) in [6.07, 6.45) is 1.32. The van der Waals surface area contributed by atoms with Crippen LogP contribution in [-0.4, -0.2) is 15.9 Å². The van der Waals surface area contributed by atoms with E-state index in [-0.39, 0.29) is 17.4 Å². The summed E-state index contributed by atoms with van der Waals surface area (Å²) in [4.78, 5) is 18.9. The molecule has 2 rings (SSSR count). The van der Waals surface area contributed by atoms with Crippen LogP contribution < -0.4 is 10.5 Å². The Kier molecular flexibility index (Phi) is 2.95. The van der Waals surface area contributed by atoms with Gasteiger partial charge in [-0.15, -0.1) is 0 Å². The van der Waals surface area contributed by atoms with Crippen LogP contribution in [0.2, 0.25) is 0 Å². The van der Waals surface area contributed by atoms with E-state index in [9.17, 15) is 9.18 Å². The maximum Gasteiger partial charge on any atom is 0.362 e. The van der Waals surface area contributed by atoms with Gasteiger partial charge < -0.3 is 10.5 Å². The maximum atomic E-state index is 13.2. The lowest BCUT2D eigenvalue weighted by Gasteiger charge is -2.04. The average Bonchev–Trinajstić information content (AvgIpc) is 2.32. The molecule has 1 heterocycles. The quantitative estimate of drug-likeness (QED) is 0.626. The number of halogens is 1. The third-order valence-electron chi connectivity index (χ3n) is 1.92. The van der Waals surface area contributed by atoms with E-state index in [1.807, 2.05) is 0 Å². The number of anilines is 1. The molecule has 6 heteroatoms. The van der Waals surface area contributed by atoms with Crippen LogP contribution in [0, 0.1) is 5.82 Å². The van der Waals surface area contributed by atoms with Crippen LogP contribution in [0.3, 0.4) is 0 Å². The predicted octanol–water partition coefficient (Wildman–Crippen LogP) is 1.42. The van der Waals surface area contributed by atoms with Crippen LogP contribution in [0.25, 0.3) is 0 Å². The summed E-state index contributed by atoms with van der Waals surface area (Å²) in [6.45, 7) is 0. The number of hydrogen-bond donors (Lipinski definition) is 1. The molecule has 0 radical (unpaired) electrons. The van der Waals surface area contributed by atoms with Crippen molar-refractivity contribution in [1.82, 2.24) is 9.97 Å². The lowest BCUT2D eigenvalue weighted by molar-refractivity contribution is 0.0721. The first-order valence-electron chi connectivity index (χ1n) is 4.72. The van der Waals surface area contributed by atoms with E-state index in [4.69, 9.17) is 10.5 Å². The fourth-order valence-corrected chi connectivity index (χ4v) is 1.17. The lowest BCUT2D eigenvalue weighted by atomic mass is 10.3. The summed E-state index contributed by atoms with van der Waals surface area (Å²) < 4.78 is 18.0. The zero-order chi connectivity index (χ0) is 12.3. The lowest BCUT2D eigenvalue weighted by Crippen LogP contribution is -2.12. The van der Waals surface area contributed by atoms with Gasteiger partial charge in [0.05, 0.1) is 0 Å². The van der Waals surface area contributed by atoms with Crippen molar-refractivity contribution >= 4 is 11.9 Å². The molecule has 0 aliphatic rings. The Bertz CT molecular complexity index is 560. The largest absolute Gasteiger partial charge is 0.419 e. The van der Waals surface area contributed by atoms with Crippen LogP contribution in [-0.2, 0) is 0 Å². The predicted molar refractivity (Wildman–Crippen MR) is 57.8 cm³/mol. The second-order valence-corrected chi connectivity index (χ2v) is 3.12.